The van der Waals surface area contributed by atoms with Gasteiger partial charge < -0.3 is 5.32 Å². The number of nitrogens with one attached hydrogen (secondary N) is 1. The van der Waals surface area contributed by atoms with Crippen LogP contribution >= 0.6 is 0 Å². The summed E-state index contributed by atoms with van der Waals surface area (Å²) in [6, 6.07) is 8.18. The van der Waals surface area contributed by atoms with Gasteiger partial charge in [-0.1, -0.05) is 18.2 Å². The summed E-state index contributed by atoms with van der Waals surface area (Å²) in [5.41, 5.74) is 2.34. The summed E-state index contributed by atoms with van der Waals surface area (Å²) in [6.07, 6.45) is 1.87. The van der Waals surface area contributed by atoms with Crippen LogP contribution < -0.4 is 5.32 Å². The zero-order chi connectivity index (χ0) is 10.6. The van der Waals surface area contributed by atoms with Crippen LogP contribution in [-0.2, 0) is 0 Å². The van der Waals surface area contributed by atoms with E-state index in [1.54, 1.807) is 7.05 Å². The van der Waals surface area contributed by atoms with Crippen molar-refractivity contribution in [1.29, 1.82) is 0 Å². The highest BCUT2D eigenvalue weighted by atomic mass is 15.0. The summed E-state index contributed by atoms with van der Waals surface area (Å²) in [7, 11) is 1.79. The monoisotopic (exact) mass is 190 g/mol. The normalized spacial score (nSPS) is 12.0. The maximum Gasteiger partial charge on any atom is 0.0433 e. The Balaban J connectivity index is 2.96. The maximum atomic E-state index is 4.03. The van der Waals surface area contributed by atoms with Crippen molar-refractivity contribution in [3.8, 4) is 0 Å². The van der Waals surface area contributed by atoms with E-state index in [1.807, 2.05) is 18.3 Å². The minimum absolute atomic E-state index is 0.0810. The summed E-state index contributed by atoms with van der Waals surface area (Å²) < 4.78 is 0. The van der Waals surface area contributed by atoms with Gasteiger partial charge in [-0.3, -0.25) is 4.99 Å². The molecule has 1 rings (SSSR count). The molecular weight excluding hydrogens is 172 g/mol. The number of para-hydroxylation sites is 1. The van der Waals surface area contributed by atoms with Gasteiger partial charge in [-0.15, -0.1) is 0 Å². The molecule has 0 heterocycles. The third-order valence-corrected chi connectivity index (χ3v) is 1.74. The average molecular weight is 190 g/mol. The molecule has 2 nitrogen and oxygen atoms in total. The first-order valence-corrected chi connectivity index (χ1v) is 4.82. The van der Waals surface area contributed by atoms with E-state index in [1.165, 1.54) is 0 Å². The van der Waals surface area contributed by atoms with E-state index in [-0.39, 0.29) is 5.54 Å². The van der Waals surface area contributed by atoms with Crippen molar-refractivity contribution >= 4 is 11.9 Å². The quantitative estimate of drug-likeness (QED) is 0.712. The number of hydrogen-bond acceptors (Lipinski definition) is 2. The van der Waals surface area contributed by atoms with Crippen molar-refractivity contribution in [3.63, 3.8) is 0 Å². The van der Waals surface area contributed by atoms with Gasteiger partial charge in [-0.05, 0) is 26.8 Å². The summed E-state index contributed by atoms with van der Waals surface area (Å²) in [5, 5.41) is 3.44. The van der Waals surface area contributed by atoms with Crippen LogP contribution in [0.3, 0.4) is 0 Å². The largest absolute Gasteiger partial charge is 0.380 e. The minimum atomic E-state index is 0.0810. The summed E-state index contributed by atoms with van der Waals surface area (Å²) in [6.45, 7) is 6.44. The molecule has 0 fully saturated rings. The van der Waals surface area contributed by atoms with Crippen molar-refractivity contribution < 1.29 is 0 Å². The van der Waals surface area contributed by atoms with Gasteiger partial charge in [0.25, 0.3) is 0 Å². The van der Waals surface area contributed by atoms with Crippen molar-refractivity contribution in [2.45, 2.75) is 26.3 Å². The molecule has 14 heavy (non-hydrogen) atoms. The molecule has 0 aliphatic rings. The summed E-state index contributed by atoms with van der Waals surface area (Å²) in [5.74, 6) is 0. The summed E-state index contributed by atoms with van der Waals surface area (Å²) >= 11 is 0. The van der Waals surface area contributed by atoms with Gasteiger partial charge in [-0.25, -0.2) is 0 Å². The maximum absolute atomic E-state index is 4.03. The zero-order valence-electron chi connectivity index (χ0n) is 9.33. The zero-order valence-corrected chi connectivity index (χ0v) is 9.33. The Kier molecular flexibility index (Phi) is 3.28. The van der Waals surface area contributed by atoms with Crippen LogP contribution in [0.1, 0.15) is 26.3 Å². The molecular formula is C12H18N2. The van der Waals surface area contributed by atoms with Crippen LogP contribution in [0.5, 0.6) is 0 Å². The van der Waals surface area contributed by atoms with E-state index in [0.717, 1.165) is 11.3 Å². The van der Waals surface area contributed by atoms with Crippen LogP contribution in [0.2, 0.25) is 0 Å². The fourth-order valence-corrected chi connectivity index (χ4v) is 1.27. The van der Waals surface area contributed by atoms with Crippen LogP contribution in [0.15, 0.2) is 29.3 Å². The fourth-order valence-electron chi connectivity index (χ4n) is 1.27. The second-order valence-electron chi connectivity index (χ2n) is 4.35. The van der Waals surface area contributed by atoms with Crippen LogP contribution in [0.4, 0.5) is 5.69 Å². The Morgan fingerprint density at radius 1 is 1.21 bits per heavy atom. The number of hydrogen-bond donors (Lipinski definition) is 1. The Morgan fingerprint density at radius 3 is 2.43 bits per heavy atom. The topological polar surface area (TPSA) is 24.4 Å². The molecule has 1 N–H and O–H groups in total. The minimum Gasteiger partial charge on any atom is -0.380 e. The van der Waals surface area contributed by atoms with Gasteiger partial charge in [0.2, 0.25) is 0 Å². The first-order valence-electron chi connectivity index (χ1n) is 4.82. The Morgan fingerprint density at radius 2 is 1.86 bits per heavy atom. The number of anilines is 1. The Labute approximate surface area is 86.1 Å². The summed E-state index contributed by atoms with van der Waals surface area (Å²) in [4.78, 5) is 4.03. The first-order chi connectivity index (χ1) is 6.53. The molecule has 0 aromatic heterocycles. The van der Waals surface area contributed by atoms with Crippen LogP contribution in [-0.4, -0.2) is 18.8 Å². The molecule has 0 amide bonds. The predicted molar refractivity (Wildman–Crippen MR) is 63.3 cm³/mol. The predicted octanol–water partition coefficient (Wildman–Crippen LogP) is 2.95. The lowest BCUT2D eigenvalue weighted by Gasteiger charge is -2.23. The molecule has 1 aromatic carbocycles. The SMILES string of the molecule is CN=Cc1ccccc1NC(C)(C)C. The van der Waals surface area contributed by atoms with Gasteiger partial charge in [-0.2, -0.15) is 0 Å². The molecule has 0 saturated heterocycles. The highest BCUT2D eigenvalue weighted by Crippen LogP contribution is 2.17. The Bertz CT molecular complexity index is 321. The van der Waals surface area contributed by atoms with Crippen molar-refractivity contribution in [2.75, 3.05) is 12.4 Å². The molecule has 0 aliphatic heterocycles. The standard InChI is InChI=1S/C12H18N2/c1-12(2,3)14-11-8-6-5-7-10(11)9-13-4/h5-9,14H,1-4H3. The highest BCUT2D eigenvalue weighted by molar-refractivity contribution is 5.87. The number of nitrogens with zero attached hydrogens (tertiary/aromatic N) is 1. The third kappa shape index (κ3) is 3.21. The fraction of sp³-hybridized carbons (Fsp3) is 0.417. The highest BCUT2D eigenvalue weighted by Gasteiger charge is 2.10. The molecule has 2 heteroatoms. The average Bonchev–Trinajstić information content (AvgIpc) is 2.06. The molecule has 0 saturated carbocycles. The second-order valence-corrected chi connectivity index (χ2v) is 4.35. The van der Waals surface area contributed by atoms with Gasteiger partial charge in [0, 0.05) is 30.1 Å². The number of aliphatic imine (C=N–C) groups is 1. The molecule has 76 valence electrons. The van der Waals surface area contributed by atoms with Gasteiger partial charge in [0.05, 0.1) is 0 Å². The van der Waals surface area contributed by atoms with E-state index < -0.39 is 0 Å². The number of rotatable bonds is 2. The lowest BCUT2D eigenvalue weighted by molar-refractivity contribution is 0.634. The van der Waals surface area contributed by atoms with Gasteiger partial charge >= 0.3 is 0 Å². The van der Waals surface area contributed by atoms with E-state index in [4.69, 9.17) is 0 Å². The van der Waals surface area contributed by atoms with Crippen LogP contribution in [0, 0.1) is 0 Å². The number of benzene rings is 1. The lowest BCUT2D eigenvalue weighted by Crippen LogP contribution is -2.26. The third-order valence-electron chi connectivity index (χ3n) is 1.74. The molecule has 0 atom stereocenters. The van der Waals surface area contributed by atoms with Gasteiger partial charge in [0.15, 0.2) is 0 Å². The van der Waals surface area contributed by atoms with E-state index in [9.17, 15) is 0 Å². The van der Waals surface area contributed by atoms with Crippen LogP contribution in [0.25, 0.3) is 0 Å². The van der Waals surface area contributed by atoms with Gasteiger partial charge in [0.1, 0.15) is 0 Å². The molecule has 0 unspecified atom stereocenters. The van der Waals surface area contributed by atoms with Crippen molar-refractivity contribution in [2.24, 2.45) is 4.99 Å². The van der Waals surface area contributed by atoms with E-state index in [0.29, 0.717) is 0 Å². The molecule has 0 bridgehead atoms. The van der Waals surface area contributed by atoms with E-state index >= 15 is 0 Å². The molecule has 0 aliphatic carbocycles. The Hall–Kier alpha value is -1.31. The van der Waals surface area contributed by atoms with E-state index in [2.05, 4.69) is 43.2 Å². The first kappa shape index (κ1) is 10.8. The van der Waals surface area contributed by atoms with Crippen molar-refractivity contribution in [3.05, 3.63) is 29.8 Å². The smallest absolute Gasteiger partial charge is 0.0433 e. The molecule has 0 spiro atoms. The van der Waals surface area contributed by atoms with Crippen molar-refractivity contribution in [1.82, 2.24) is 0 Å². The molecule has 0 radical (unpaired) electrons. The molecule has 1 aromatic rings. The second kappa shape index (κ2) is 4.27. The lowest BCUT2D eigenvalue weighted by atomic mass is 10.1.